The lowest BCUT2D eigenvalue weighted by Crippen LogP contribution is -2.41. The molecule has 0 aliphatic carbocycles. The van der Waals surface area contributed by atoms with E-state index < -0.39 is 0 Å². The van der Waals surface area contributed by atoms with Gasteiger partial charge in [0.05, 0.1) is 0 Å². The highest BCUT2D eigenvalue weighted by Gasteiger charge is 2.31. The Morgan fingerprint density at radius 1 is 1.03 bits per heavy atom. The lowest BCUT2D eigenvalue weighted by atomic mass is 9.97. The highest BCUT2D eigenvalue weighted by Crippen LogP contribution is 2.30. The van der Waals surface area contributed by atoms with Crippen molar-refractivity contribution in [3.63, 3.8) is 0 Å². The van der Waals surface area contributed by atoms with E-state index in [0.717, 1.165) is 38.0 Å². The number of hydrogen-bond donors (Lipinski definition) is 0. The number of fused-ring (bicyclic) bond motifs is 1. The minimum atomic E-state index is -0.387. The summed E-state index contributed by atoms with van der Waals surface area (Å²) in [6.45, 7) is 1.12. The van der Waals surface area contributed by atoms with Crippen LogP contribution >= 0.6 is 22.6 Å². The molecule has 3 aromatic rings. The molecule has 0 fully saturated rings. The number of rotatable bonds is 6. The van der Waals surface area contributed by atoms with Gasteiger partial charge >= 0.3 is 0 Å². The molecule has 1 aliphatic heterocycles. The van der Waals surface area contributed by atoms with Gasteiger partial charge in [0.15, 0.2) is 6.23 Å². The third-order valence-electron chi connectivity index (χ3n) is 5.10. The average Bonchev–Trinajstić information content (AvgIpc) is 2.76. The van der Waals surface area contributed by atoms with Gasteiger partial charge in [0.1, 0.15) is 12.4 Å². The Kier molecular flexibility index (Phi) is 6.16. The second-order valence-corrected chi connectivity index (χ2v) is 8.23. The molecule has 29 heavy (non-hydrogen) atoms. The fraction of sp³-hybridized carbons (Fsp3) is 0.208. The summed E-state index contributed by atoms with van der Waals surface area (Å²) in [5.74, 6) is 0.779. The minimum Gasteiger partial charge on any atom is -0.489 e. The molecule has 1 atom stereocenters. The molecule has 1 unspecified atom stereocenters. The summed E-state index contributed by atoms with van der Waals surface area (Å²) in [6.07, 6.45) is 0.384. The molecule has 4 nitrogen and oxygen atoms in total. The van der Waals surface area contributed by atoms with Crippen molar-refractivity contribution in [3.8, 4) is 5.75 Å². The predicted octanol–water partition coefficient (Wildman–Crippen LogP) is 5.21. The Bertz CT molecular complexity index is 989. The second-order valence-electron chi connectivity index (χ2n) is 6.98. The van der Waals surface area contributed by atoms with Gasteiger partial charge in [-0.25, -0.2) is 0 Å². The number of amides is 1. The van der Waals surface area contributed by atoms with E-state index in [0.29, 0.717) is 13.2 Å². The second kappa shape index (κ2) is 8.97. The van der Waals surface area contributed by atoms with Crippen molar-refractivity contribution >= 4 is 28.5 Å². The van der Waals surface area contributed by atoms with E-state index in [-0.39, 0.29) is 12.1 Å². The van der Waals surface area contributed by atoms with Crippen LogP contribution in [0.25, 0.3) is 0 Å². The highest BCUT2D eigenvalue weighted by molar-refractivity contribution is 14.1. The molecule has 5 heteroatoms. The first-order chi connectivity index (χ1) is 14.2. The van der Waals surface area contributed by atoms with Gasteiger partial charge in [-0.3, -0.25) is 4.79 Å². The smallest absolute Gasteiger partial charge is 0.256 e. The summed E-state index contributed by atoms with van der Waals surface area (Å²) in [5.41, 5.74) is 3.84. The van der Waals surface area contributed by atoms with Crippen molar-refractivity contribution in [2.75, 3.05) is 13.7 Å². The molecule has 1 amide bonds. The Morgan fingerprint density at radius 2 is 1.79 bits per heavy atom. The van der Waals surface area contributed by atoms with Crippen molar-refractivity contribution < 1.29 is 14.3 Å². The molecular formula is C24H22INO3. The SMILES string of the molecule is COC(c1ccc(I)cc1)N1CCc2cc(OCc3ccccc3)ccc2C1=O. The maximum atomic E-state index is 13.2. The van der Waals surface area contributed by atoms with Gasteiger partial charge in [-0.2, -0.15) is 0 Å². The first-order valence-electron chi connectivity index (χ1n) is 9.54. The number of methoxy groups -OCH3 is 1. The third kappa shape index (κ3) is 4.46. The van der Waals surface area contributed by atoms with E-state index in [9.17, 15) is 4.79 Å². The van der Waals surface area contributed by atoms with Gasteiger partial charge < -0.3 is 14.4 Å². The summed E-state index contributed by atoms with van der Waals surface area (Å²) in [5, 5.41) is 0. The number of nitrogens with zero attached hydrogens (tertiary/aromatic N) is 1. The van der Waals surface area contributed by atoms with E-state index in [1.807, 2.05) is 72.8 Å². The molecule has 3 aromatic carbocycles. The highest BCUT2D eigenvalue weighted by atomic mass is 127. The molecule has 1 aliphatic rings. The fourth-order valence-corrected chi connectivity index (χ4v) is 3.97. The summed E-state index contributed by atoms with van der Waals surface area (Å²) in [4.78, 5) is 15.0. The van der Waals surface area contributed by atoms with E-state index >= 15 is 0 Å². The van der Waals surface area contributed by atoms with Gasteiger partial charge in [-0.1, -0.05) is 42.5 Å². The van der Waals surface area contributed by atoms with Crippen molar-refractivity contribution in [1.29, 1.82) is 0 Å². The van der Waals surface area contributed by atoms with Gasteiger partial charge in [0.25, 0.3) is 5.91 Å². The lowest BCUT2D eigenvalue weighted by molar-refractivity contribution is -0.0242. The molecular weight excluding hydrogens is 477 g/mol. The van der Waals surface area contributed by atoms with E-state index in [4.69, 9.17) is 9.47 Å². The minimum absolute atomic E-state index is 0.00809. The molecule has 4 rings (SSSR count). The van der Waals surface area contributed by atoms with Crippen molar-refractivity contribution in [3.05, 3.63) is 98.6 Å². The van der Waals surface area contributed by atoms with Gasteiger partial charge in [0.2, 0.25) is 0 Å². The maximum absolute atomic E-state index is 13.2. The Labute approximate surface area is 184 Å². The Balaban J connectivity index is 1.50. The molecule has 0 bridgehead atoms. The van der Waals surface area contributed by atoms with Crippen LogP contribution in [0.2, 0.25) is 0 Å². The van der Waals surface area contributed by atoms with Crippen LogP contribution in [0.3, 0.4) is 0 Å². The predicted molar refractivity (Wildman–Crippen MR) is 121 cm³/mol. The zero-order valence-corrected chi connectivity index (χ0v) is 18.3. The van der Waals surface area contributed by atoms with E-state index in [2.05, 4.69) is 22.6 Å². The Morgan fingerprint density at radius 3 is 2.52 bits per heavy atom. The quantitative estimate of drug-likeness (QED) is 0.437. The van der Waals surface area contributed by atoms with Crippen LogP contribution in [0.5, 0.6) is 5.75 Å². The normalized spacial score (nSPS) is 14.4. The molecule has 0 saturated carbocycles. The number of hydrogen-bond acceptors (Lipinski definition) is 3. The van der Waals surface area contributed by atoms with Gasteiger partial charge in [0, 0.05) is 28.4 Å². The topological polar surface area (TPSA) is 38.8 Å². The Hall–Kier alpha value is -2.38. The standard InChI is InChI=1S/C24H22INO3/c1-28-24(18-7-9-20(25)10-8-18)26-14-13-19-15-21(11-12-22(19)23(26)27)29-16-17-5-3-2-4-6-17/h2-12,15,24H,13-14,16H2,1H3. The maximum Gasteiger partial charge on any atom is 0.256 e. The van der Waals surface area contributed by atoms with Crippen LogP contribution in [0.15, 0.2) is 72.8 Å². The third-order valence-corrected chi connectivity index (χ3v) is 5.82. The molecule has 1 heterocycles. The summed E-state index contributed by atoms with van der Waals surface area (Å²) >= 11 is 2.27. The zero-order chi connectivity index (χ0) is 20.2. The summed E-state index contributed by atoms with van der Waals surface area (Å²) in [6, 6.07) is 23.9. The van der Waals surface area contributed by atoms with E-state index in [1.165, 1.54) is 0 Å². The van der Waals surface area contributed by atoms with Gasteiger partial charge in [-0.05, 0) is 70.5 Å². The van der Waals surface area contributed by atoms with Crippen LogP contribution in [0, 0.1) is 3.57 Å². The number of carbonyl (C=O) groups is 1. The molecule has 0 saturated heterocycles. The van der Waals surface area contributed by atoms with Crippen LogP contribution in [0.1, 0.15) is 33.3 Å². The number of halogens is 1. The van der Waals surface area contributed by atoms with Crippen molar-refractivity contribution in [1.82, 2.24) is 4.90 Å². The summed E-state index contributed by atoms with van der Waals surface area (Å²) < 4.78 is 12.8. The molecule has 148 valence electrons. The number of ether oxygens (including phenoxy) is 2. The van der Waals surface area contributed by atoms with Crippen LogP contribution in [-0.4, -0.2) is 24.5 Å². The van der Waals surface area contributed by atoms with E-state index in [1.54, 1.807) is 12.0 Å². The van der Waals surface area contributed by atoms with Crippen molar-refractivity contribution in [2.45, 2.75) is 19.3 Å². The molecule has 0 spiro atoms. The first-order valence-corrected chi connectivity index (χ1v) is 10.6. The average molecular weight is 499 g/mol. The number of benzene rings is 3. The van der Waals surface area contributed by atoms with Crippen LogP contribution < -0.4 is 4.74 Å². The monoisotopic (exact) mass is 499 g/mol. The fourth-order valence-electron chi connectivity index (χ4n) is 3.61. The molecule has 0 aromatic heterocycles. The zero-order valence-electron chi connectivity index (χ0n) is 16.2. The first kappa shape index (κ1) is 19.9. The number of carbonyl (C=O) groups excluding carboxylic acids is 1. The molecule has 0 N–H and O–H groups in total. The molecule has 0 radical (unpaired) electrons. The largest absolute Gasteiger partial charge is 0.489 e. The van der Waals surface area contributed by atoms with Crippen LogP contribution in [-0.2, 0) is 17.8 Å². The summed E-state index contributed by atoms with van der Waals surface area (Å²) in [7, 11) is 1.64. The van der Waals surface area contributed by atoms with Crippen LogP contribution in [0.4, 0.5) is 0 Å². The lowest BCUT2D eigenvalue weighted by Gasteiger charge is -2.35. The van der Waals surface area contributed by atoms with Gasteiger partial charge in [-0.15, -0.1) is 0 Å². The van der Waals surface area contributed by atoms with Crippen molar-refractivity contribution in [2.24, 2.45) is 0 Å².